The molecule has 0 saturated heterocycles. The molecule has 28 valence electrons. The summed E-state index contributed by atoms with van der Waals surface area (Å²) in [6.07, 6.45) is 0. The van der Waals surface area contributed by atoms with Gasteiger partial charge in [-0.25, -0.2) is 0 Å². The van der Waals surface area contributed by atoms with Crippen molar-refractivity contribution in [2.75, 3.05) is 0 Å². The van der Waals surface area contributed by atoms with E-state index < -0.39 is 10.5 Å². The van der Waals surface area contributed by atoms with Gasteiger partial charge in [0.1, 0.15) is 0 Å². The van der Waals surface area contributed by atoms with Gasteiger partial charge >= 0.3 is 57.5 Å². The first-order valence-corrected chi connectivity index (χ1v) is 16.0. The second-order valence-electron chi connectivity index (χ2n) is 0.171. The van der Waals surface area contributed by atoms with Gasteiger partial charge in [0.2, 0.25) is 0 Å². The van der Waals surface area contributed by atoms with Crippen molar-refractivity contribution in [3.05, 3.63) is 0 Å². The standard InChI is InChI=1S/I3S/c1-3(2)4/q-1. The molecule has 4 heteroatoms. The monoisotopic (exact) mass is 413 g/mol. The zero-order valence-corrected chi connectivity index (χ0v) is 8.83. The third kappa shape index (κ3) is 8.82. The Labute approximate surface area is 56.1 Å². The molecule has 0 N–H and O–H groups in total. The average molecular weight is 413 g/mol. The van der Waals surface area contributed by atoms with E-state index in [1.165, 1.54) is 0 Å². The molecule has 0 atom stereocenters. The number of hydrogen-bond acceptors (Lipinski definition) is 1. The Kier molecular flexibility index (Phi) is 6.08. The molecule has 0 bridgehead atoms. The van der Waals surface area contributed by atoms with Gasteiger partial charge in [-0.3, -0.25) is 0 Å². The summed E-state index contributed by atoms with van der Waals surface area (Å²) >= 11 is 4.60. The van der Waals surface area contributed by atoms with Crippen LogP contribution >= 0.6 is 47.7 Å². The fourth-order valence-electron chi connectivity index (χ4n) is 0. The van der Waals surface area contributed by atoms with Crippen molar-refractivity contribution < 1.29 is 0 Å². The van der Waals surface area contributed by atoms with Crippen LogP contribution in [0.5, 0.6) is 0 Å². The van der Waals surface area contributed by atoms with Gasteiger partial charge in [0.15, 0.2) is 0 Å². The Morgan fingerprint density at radius 3 is 1.50 bits per heavy atom. The van der Waals surface area contributed by atoms with Crippen molar-refractivity contribution in [2.45, 2.75) is 0 Å². The Morgan fingerprint density at radius 1 is 1.50 bits per heavy atom. The molecule has 0 rings (SSSR count). The van der Waals surface area contributed by atoms with Crippen LogP contribution in [0.3, 0.4) is 0 Å². The Morgan fingerprint density at radius 2 is 1.50 bits per heavy atom. The van der Waals surface area contributed by atoms with Gasteiger partial charge in [-0.1, -0.05) is 0 Å². The van der Waals surface area contributed by atoms with E-state index in [-0.39, 0.29) is 0 Å². The fraction of sp³-hybridized carbons (Fsp3) is 0. The van der Waals surface area contributed by atoms with Crippen LogP contribution in [0.15, 0.2) is 0 Å². The molecule has 0 aromatic carbocycles. The molecule has 0 spiro atoms. The van der Waals surface area contributed by atoms with Crippen molar-refractivity contribution in [3.8, 4) is 0 Å². The molecule has 0 aromatic heterocycles. The molecular weight excluding hydrogens is 413 g/mol. The van der Waals surface area contributed by atoms with E-state index in [1.807, 2.05) is 0 Å². The van der Waals surface area contributed by atoms with Gasteiger partial charge in [0, 0.05) is 0 Å². The van der Waals surface area contributed by atoms with Gasteiger partial charge in [-0.15, -0.1) is 0 Å². The predicted molar refractivity (Wildman–Crippen MR) is 49.4 cm³/mol. The first kappa shape index (κ1) is 6.54. The summed E-state index contributed by atoms with van der Waals surface area (Å²) in [6, 6.07) is 0. The van der Waals surface area contributed by atoms with Crippen LogP contribution in [0.1, 0.15) is 0 Å². The molecule has 0 aliphatic carbocycles. The van der Waals surface area contributed by atoms with Gasteiger partial charge in [0.05, 0.1) is 0 Å². The Bertz CT molecular complexity index is 8.00. The molecule has 0 aromatic rings. The first-order valence-electron chi connectivity index (χ1n) is 0.440. The summed E-state index contributed by atoms with van der Waals surface area (Å²) in [5.41, 5.74) is 0. The van der Waals surface area contributed by atoms with E-state index in [9.17, 15) is 0 Å². The van der Waals surface area contributed by atoms with E-state index in [0.717, 1.165) is 0 Å². The maximum atomic E-state index is 4.75. The molecule has 0 unspecified atom stereocenters. The molecule has 0 heterocycles. The van der Waals surface area contributed by atoms with Crippen LogP contribution in [-0.4, -0.2) is 0 Å². The summed E-state index contributed by atoms with van der Waals surface area (Å²) in [7, 11) is 4.01. The topological polar surface area (TPSA) is 0 Å². The van der Waals surface area contributed by atoms with E-state index in [2.05, 4.69) is 37.2 Å². The van der Waals surface area contributed by atoms with Crippen molar-refractivity contribution in [2.24, 2.45) is 0 Å². The van der Waals surface area contributed by atoms with Crippen LogP contribution in [0.4, 0.5) is 0 Å². The summed E-state index contributed by atoms with van der Waals surface area (Å²) in [5, 5.41) is 0. The molecule has 0 nitrogen and oxygen atoms in total. The van der Waals surface area contributed by atoms with Crippen LogP contribution in [0, 0.1) is 0 Å². The van der Waals surface area contributed by atoms with Crippen molar-refractivity contribution in [1.82, 2.24) is 0 Å². The summed E-state index contributed by atoms with van der Waals surface area (Å²) < 4.78 is 0. The van der Waals surface area contributed by atoms with E-state index in [1.54, 1.807) is 0 Å². The fourth-order valence-corrected chi connectivity index (χ4v) is 0. The summed E-state index contributed by atoms with van der Waals surface area (Å²) in [6.45, 7) is 0. The number of hydrogen-bond donors (Lipinski definition) is 0. The minimum absolute atomic E-state index is 0.740. The SMILES string of the molecule is [S-]I(I)I. The van der Waals surface area contributed by atoms with Gasteiger partial charge in [-0.2, -0.15) is 0 Å². The normalized spacial score (nSPS) is 11.2. The molecule has 0 amide bonds. The van der Waals surface area contributed by atoms with E-state index >= 15 is 0 Å². The molecular formula is I3S-. The summed E-state index contributed by atoms with van der Waals surface area (Å²) in [4.78, 5) is 0. The second-order valence-corrected chi connectivity index (χ2v) is 32.0. The molecule has 0 saturated carbocycles. The quantitative estimate of drug-likeness (QED) is 0.435. The summed E-state index contributed by atoms with van der Waals surface area (Å²) in [5.74, 6) is 0. The zero-order chi connectivity index (χ0) is 3.58. The molecule has 0 aliphatic heterocycles. The zero-order valence-electron chi connectivity index (χ0n) is 1.54. The molecule has 0 radical (unpaired) electrons. The third-order valence-electron chi connectivity index (χ3n) is 0. The maximum absolute atomic E-state index is 4.75. The third-order valence-corrected chi connectivity index (χ3v) is 0. The van der Waals surface area contributed by atoms with E-state index in [4.69, 9.17) is 9.80 Å². The molecule has 0 aliphatic rings. The number of halogens is 3. The van der Waals surface area contributed by atoms with Crippen molar-refractivity contribution in [3.63, 3.8) is 0 Å². The minimum atomic E-state index is -0.740. The van der Waals surface area contributed by atoms with Crippen LogP contribution in [0.2, 0.25) is 0 Å². The number of rotatable bonds is 0. The molecule has 0 fully saturated rings. The predicted octanol–water partition coefficient (Wildman–Crippen LogP) is 2.65. The van der Waals surface area contributed by atoms with Crippen LogP contribution < -0.4 is 0 Å². The molecule has 4 heavy (non-hydrogen) atoms. The van der Waals surface area contributed by atoms with Crippen molar-refractivity contribution >= 4 is 57.5 Å². The van der Waals surface area contributed by atoms with E-state index in [0.29, 0.717) is 0 Å². The second kappa shape index (κ2) is 3.72. The Hall–Kier alpha value is 2.54. The average Bonchev–Trinajstić information content (AvgIpc) is 0.811. The van der Waals surface area contributed by atoms with Gasteiger partial charge < -0.3 is 0 Å². The van der Waals surface area contributed by atoms with Gasteiger partial charge in [0.25, 0.3) is 0 Å². The first-order chi connectivity index (χ1) is 1.73. The van der Waals surface area contributed by atoms with Crippen molar-refractivity contribution in [1.29, 1.82) is 0 Å². The van der Waals surface area contributed by atoms with Crippen LogP contribution in [-0.2, 0) is 9.80 Å². The van der Waals surface area contributed by atoms with Gasteiger partial charge in [-0.05, 0) is 0 Å². The Balaban J connectivity index is 2.32. The van der Waals surface area contributed by atoms with Crippen LogP contribution in [0.25, 0.3) is 0 Å².